The van der Waals surface area contributed by atoms with Crippen molar-refractivity contribution in [3.8, 4) is 0 Å². The third kappa shape index (κ3) is 5.04. The number of aromatic amines is 1. The standard InChI is InChI=1S/C18H17Cl3N4O/c19-18(20,21)16(24-15(26)11-10-12-6-2-1-3-7-12)25-17-22-13-8-4-5-9-14(13)23-17/h1-9,16H,10-11H2,(H,24,26)(H2,22,23,25). The molecule has 0 aliphatic heterocycles. The Morgan fingerprint density at radius 3 is 2.46 bits per heavy atom. The molecule has 0 aliphatic carbocycles. The molecule has 2 aromatic carbocycles. The third-order valence-electron chi connectivity index (χ3n) is 3.79. The minimum absolute atomic E-state index is 0.228. The molecule has 0 aliphatic rings. The van der Waals surface area contributed by atoms with Crippen LogP contribution < -0.4 is 10.6 Å². The van der Waals surface area contributed by atoms with Gasteiger partial charge in [0.25, 0.3) is 0 Å². The maximum atomic E-state index is 12.3. The number of anilines is 1. The lowest BCUT2D eigenvalue weighted by atomic mass is 10.1. The van der Waals surface area contributed by atoms with Gasteiger partial charge in [-0.25, -0.2) is 4.98 Å². The number of nitrogens with zero attached hydrogens (tertiary/aromatic N) is 1. The summed E-state index contributed by atoms with van der Waals surface area (Å²) >= 11 is 18.1. The molecule has 1 heterocycles. The molecule has 3 N–H and O–H groups in total. The topological polar surface area (TPSA) is 69.8 Å². The fraction of sp³-hybridized carbons (Fsp3) is 0.222. The molecule has 0 spiro atoms. The zero-order valence-electron chi connectivity index (χ0n) is 13.7. The van der Waals surface area contributed by atoms with Gasteiger partial charge in [-0.15, -0.1) is 0 Å². The molecule has 5 nitrogen and oxygen atoms in total. The zero-order valence-corrected chi connectivity index (χ0v) is 15.9. The quantitative estimate of drug-likeness (QED) is 0.415. The molecule has 0 fully saturated rings. The number of hydrogen-bond acceptors (Lipinski definition) is 3. The normalized spacial score (nSPS) is 12.7. The first-order chi connectivity index (χ1) is 12.4. The van der Waals surface area contributed by atoms with E-state index in [4.69, 9.17) is 34.8 Å². The van der Waals surface area contributed by atoms with Gasteiger partial charge in [-0.3, -0.25) is 4.79 Å². The van der Waals surface area contributed by atoms with E-state index in [1.807, 2.05) is 54.6 Å². The van der Waals surface area contributed by atoms with Crippen LogP contribution in [0.15, 0.2) is 54.6 Å². The molecular formula is C18H17Cl3N4O. The van der Waals surface area contributed by atoms with Crippen LogP contribution in [0.2, 0.25) is 0 Å². The number of aromatic nitrogens is 2. The summed E-state index contributed by atoms with van der Waals surface area (Å²) in [5.41, 5.74) is 2.68. The number of benzene rings is 2. The number of H-pyrrole nitrogens is 1. The van der Waals surface area contributed by atoms with Gasteiger partial charge in [-0.2, -0.15) is 0 Å². The first-order valence-corrected chi connectivity index (χ1v) is 9.16. The predicted molar refractivity (Wildman–Crippen MR) is 107 cm³/mol. The number of hydrogen-bond donors (Lipinski definition) is 3. The van der Waals surface area contributed by atoms with Crippen LogP contribution in [0.3, 0.4) is 0 Å². The molecule has 0 bridgehead atoms. The van der Waals surface area contributed by atoms with E-state index in [-0.39, 0.29) is 12.3 Å². The van der Waals surface area contributed by atoms with Crippen molar-refractivity contribution in [1.82, 2.24) is 15.3 Å². The lowest BCUT2D eigenvalue weighted by molar-refractivity contribution is -0.121. The molecule has 0 saturated carbocycles. The highest BCUT2D eigenvalue weighted by Gasteiger charge is 2.34. The second-order valence-electron chi connectivity index (χ2n) is 5.77. The maximum Gasteiger partial charge on any atom is 0.228 e. The highest BCUT2D eigenvalue weighted by Crippen LogP contribution is 2.31. The van der Waals surface area contributed by atoms with Crippen molar-refractivity contribution in [2.24, 2.45) is 0 Å². The summed E-state index contributed by atoms with van der Waals surface area (Å²) in [6.07, 6.45) is -0.0520. The molecule has 0 radical (unpaired) electrons. The number of amides is 1. The fourth-order valence-corrected chi connectivity index (χ4v) is 2.82. The van der Waals surface area contributed by atoms with Crippen molar-refractivity contribution in [3.05, 3.63) is 60.2 Å². The van der Waals surface area contributed by atoms with Crippen molar-refractivity contribution in [2.45, 2.75) is 22.8 Å². The van der Waals surface area contributed by atoms with E-state index in [1.165, 1.54) is 0 Å². The number of carbonyl (C=O) groups is 1. The van der Waals surface area contributed by atoms with Crippen LogP contribution in [-0.4, -0.2) is 25.8 Å². The molecule has 1 aromatic heterocycles. The van der Waals surface area contributed by atoms with Crippen LogP contribution in [0.5, 0.6) is 0 Å². The fourth-order valence-electron chi connectivity index (χ4n) is 2.49. The summed E-state index contributed by atoms with van der Waals surface area (Å²) in [5, 5.41) is 5.66. The highest BCUT2D eigenvalue weighted by molar-refractivity contribution is 6.68. The van der Waals surface area contributed by atoms with Gasteiger partial charge in [0.05, 0.1) is 11.0 Å². The number of imidazole rings is 1. The Morgan fingerprint density at radius 2 is 1.77 bits per heavy atom. The van der Waals surface area contributed by atoms with Crippen LogP contribution in [0.25, 0.3) is 11.0 Å². The molecule has 3 rings (SSSR count). The molecule has 3 aromatic rings. The summed E-state index contributed by atoms with van der Waals surface area (Å²) < 4.78 is -1.75. The van der Waals surface area contributed by atoms with Crippen molar-refractivity contribution in [1.29, 1.82) is 0 Å². The van der Waals surface area contributed by atoms with Crippen LogP contribution in [0.4, 0.5) is 5.95 Å². The van der Waals surface area contributed by atoms with Crippen molar-refractivity contribution >= 4 is 57.7 Å². The number of carbonyl (C=O) groups excluding carboxylic acids is 1. The molecule has 1 atom stereocenters. The summed E-state index contributed by atoms with van der Waals surface area (Å²) in [4.78, 5) is 19.7. The van der Waals surface area contributed by atoms with Gasteiger partial charge >= 0.3 is 0 Å². The Kier molecular flexibility index (Phi) is 5.91. The highest BCUT2D eigenvalue weighted by atomic mass is 35.6. The number of alkyl halides is 3. The summed E-state index contributed by atoms with van der Waals surface area (Å²) in [7, 11) is 0. The van der Waals surface area contributed by atoms with E-state index in [1.54, 1.807) is 0 Å². The van der Waals surface area contributed by atoms with Gasteiger partial charge in [0, 0.05) is 6.42 Å². The molecule has 1 amide bonds. The van der Waals surface area contributed by atoms with Crippen LogP contribution in [-0.2, 0) is 11.2 Å². The van der Waals surface area contributed by atoms with Gasteiger partial charge in [-0.05, 0) is 24.1 Å². The lowest BCUT2D eigenvalue weighted by Crippen LogP contribution is -2.49. The average Bonchev–Trinajstić information content (AvgIpc) is 3.02. The Balaban J connectivity index is 1.65. The number of aryl methyl sites for hydroxylation is 1. The first kappa shape index (κ1) is 18.8. The summed E-state index contributed by atoms with van der Waals surface area (Å²) in [6, 6.07) is 17.2. The smallest absolute Gasteiger partial charge is 0.228 e. The largest absolute Gasteiger partial charge is 0.332 e. The first-order valence-electron chi connectivity index (χ1n) is 8.03. The Bertz CT molecular complexity index is 844. The molecule has 8 heteroatoms. The van der Waals surface area contributed by atoms with Crippen molar-refractivity contribution < 1.29 is 4.79 Å². The van der Waals surface area contributed by atoms with Crippen molar-refractivity contribution in [3.63, 3.8) is 0 Å². The SMILES string of the molecule is O=C(CCc1ccccc1)NC(Nc1nc2ccccc2[nH]1)C(Cl)(Cl)Cl. The average molecular weight is 412 g/mol. The van der Waals surface area contributed by atoms with Gasteiger partial charge in [0.1, 0.15) is 6.17 Å². The number of nitrogens with one attached hydrogen (secondary N) is 3. The van der Waals surface area contributed by atoms with E-state index in [0.29, 0.717) is 12.4 Å². The summed E-state index contributed by atoms with van der Waals surface area (Å²) in [6.45, 7) is 0. The maximum absolute atomic E-state index is 12.3. The van der Waals surface area contributed by atoms with Gasteiger partial charge in [-0.1, -0.05) is 77.3 Å². The minimum atomic E-state index is -1.75. The Morgan fingerprint density at radius 1 is 1.08 bits per heavy atom. The molecule has 136 valence electrons. The van der Waals surface area contributed by atoms with E-state index >= 15 is 0 Å². The summed E-state index contributed by atoms with van der Waals surface area (Å²) in [5.74, 6) is 0.180. The van der Waals surface area contributed by atoms with Gasteiger partial charge in [0.15, 0.2) is 0 Å². The molecule has 0 saturated heterocycles. The minimum Gasteiger partial charge on any atom is -0.332 e. The number of fused-ring (bicyclic) bond motifs is 1. The van der Waals surface area contributed by atoms with E-state index in [0.717, 1.165) is 16.6 Å². The Labute approximate surface area is 166 Å². The van der Waals surface area contributed by atoms with E-state index in [9.17, 15) is 4.79 Å². The van der Waals surface area contributed by atoms with Gasteiger partial charge in [0.2, 0.25) is 15.6 Å². The lowest BCUT2D eigenvalue weighted by Gasteiger charge is -2.26. The van der Waals surface area contributed by atoms with Crippen molar-refractivity contribution in [2.75, 3.05) is 5.32 Å². The molecule has 1 unspecified atom stereocenters. The van der Waals surface area contributed by atoms with Gasteiger partial charge < -0.3 is 15.6 Å². The van der Waals surface area contributed by atoms with Crippen LogP contribution in [0, 0.1) is 0 Å². The van der Waals surface area contributed by atoms with Crippen LogP contribution in [0.1, 0.15) is 12.0 Å². The van der Waals surface area contributed by atoms with Crippen LogP contribution >= 0.6 is 34.8 Å². The monoisotopic (exact) mass is 410 g/mol. The second kappa shape index (κ2) is 8.16. The number of para-hydroxylation sites is 2. The second-order valence-corrected chi connectivity index (χ2v) is 8.14. The predicted octanol–water partition coefficient (Wildman–Crippen LogP) is 4.42. The zero-order chi connectivity index (χ0) is 18.6. The third-order valence-corrected chi connectivity index (χ3v) is 4.44. The number of halogens is 3. The van der Waals surface area contributed by atoms with E-state index < -0.39 is 9.96 Å². The Hall–Kier alpha value is -1.95. The number of rotatable bonds is 6. The molecular weight excluding hydrogens is 395 g/mol. The van der Waals surface area contributed by atoms with E-state index in [2.05, 4.69) is 20.6 Å². The molecule has 26 heavy (non-hydrogen) atoms.